The summed E-state index contributed by atoms with van der Waals surface area (Å²) in [5, 5.41) is 13.8. The Morgan fingerprint density at radius 2 is 2.07 bits per heavy atom. The van der Waals surface area contributed by atoms with Crippen molar-refractivity contribution in [1.29, 1.82) is 0 Å². The molecule has 2 N–H and O–H groups in total. The van der Waals surface area contributed by atoms with Gasteiger partial charge in [-0.3, -0.25) is 0 Å². The summed E-state index contributed by atoms with van der Waals surface area (Å²) in [6, 6.07) is 1.97. The Morgan fingerprint density at radius 1 is 1.29 bits per heavy atom. The maximum atomic E-state index is 12.7. The monoisotopic (exact) mass is 416 g/mol. The molecule has 0 aromatic carbocycles. The van der Waals surface area contributed by atoms with Crippen molar-refractivity contribution in [2.75, 3.05) is 24.6 Å². The topological polar surface area (TPSA) is 61.3 Å². The van der Waals surface area contributed by atoms with Gasteiger partial charge in [0.25, 0.3) is 0 Å². The lowest BCUT2D eigenvalue weighted by molar-refractivity contribution is -0.126. The minimum atomic E-state index is -4.23. The van der Waals surface area contributed by atoms with Crippen LogP contribution in [-0.4, -0.2) is 53.0 Å². The van der Waals surface area contributed by atoms with Crippen LogP contribution < -0.4 is 10.2 Å². The SMILES string of the molecule is CC(C)[C@@H](CO)N[C@H]1CCCN(c2ncnc3sc(CC(F)(F)F)cc23)CC1. The highest BCUT2D eigenvalue weighted by molar-refractivity contribution is 7.18. The van der Waals surface area contributed by atoms with Crippen molar-refractivity contribution >= 4 is 27.4 Å². The molecular weight excluding hydrogens is 389 g/mol. The lowest BCUT2D eigenvalue weighted by Gasteiger charge is -2.26. The first kappa shape index (κ1) is 21.3. The third-order valence-electron chi connectivity index (χ3n) is 5.21. The number of aromatic nitrogens is 2. The van der Waals surface area contributed by atoms with E-state index in [1.54, 1.807) is 6.07 Å². The number of anilines is 1. The molecule has 0 saturated carbocycles. The molecule has 1 fully saturated rings. The number of nitrogens with one attached hydrogen (secondary N) is 1. The van der Waals surface area contributed by atoms with Gasteiger partial charge in [0.1, 0.15) is 17.0 Å². The van der Waals surface area contributed by atoms with Gasteiger partial charge in [-0.2, -0.15) is 13.2 Å². The van der Waals surface area contributed by atoms with Gasteiger partial charge >= 0.3 is 6.18 Å². The highest BCUT2D eigenvalue weighted by Crippen LogP contribution is 2.34. The molecule has 0 unspecified atom stereocenters. The van der Waals surface area contributed by atoms with Gasteiger partial charge in [-0.15, -0.1) is 11.3 Å². The number of fused-ring (bicyclic) bond motifs is 1. The Hall–Kier alpha value is -1.45. The van der Waals surface area contributed by atoms with E-state index >= 15 is 0 Å². The van der Waals surface area contributed by atoms with Crippen molar-refractivity contribution < 1.29 is 18.3 Å². The van der Waals surface area contributed by atoms with Crippen LogP contribution in [0.3, 0.4) is 0 Å². The van der Waals surface area contributed by atoms with Crippen molar-refractivity contribution in [3.8, 4) is 0 Å². The lowest BCUT2D eigenvalue weighted by Crippen LogP contribution is -2.44. The molecule has 0 amide bonds. The molecule has 0 radical (unpaired) electrons. The fraction of sp³-hybridized carbons (Fsp3) is 0.684. The zero-order valence-corrected chi connectivity index (χ0v) is 17.0. The van der Waals surface area contributed by atoms with Gasteiger partial charge in [0.05, 0.1) is 18.4 Å². The second-order valence-corrected chi connectivity index (χ2v) is 8.85. The van der Waals surface area contributed by atoms with E-state index in [9.17, 15) is 18.3 Å². The van der Waals surface area contributed by atoms with E-state index in [4.69, 9.17) is 0 Å². The minimum Gasteiger partial charge on any atom is -0.395 e. The molecule has 0 aliphatic carbocycles. The van der Waals surface area contributed by atoms with Gasteiger partial charge in [0, 0.05) is 30.1 Å². The number of rotatable bonds is 6. The Labute approximate surface area is 167 Å². The first-order valence-corrected chi connectivity index (χ1v) is 10.5. The summed E-state index contributed by atoms with van der Waals surface area (Å²) in [6.45, 7) is 5.86. The van der Waals surface area contributed by atoms with Crippen molar-refractivity contribution in [1.82, 2.24) is 15.3 Å². The van der Waals surface area contributed by atoms with Crippen LogP contribution in [-0.2, 0) is 6.42 Å². The third-order valence-corrected chi connectivity index (χ3v) is 6.26. The number of alkyl halides is 3. The van der Waals surface area contributed by atoms with Crippen molar-refractivity contribution in [3.05, 3.63) is 17.3 Å². The van der Waals surface area contributed by atoms with Gasteiger partial charge in [0.2, 0.25) is 0 Å². The molecule has 2 aromatic heterocycles. The second kappa shape index (κ2) is 8.92. The molecule has 0 bridgehead atoms. The van der Waals surface area contributed by atoms with Crippen LogP contribution in [0.15, 0.2) is 12.4 Å². The molecule has 0 spiro atoms. The summed E-state index contributed by atoms with van der Waals surface area (Å²) in [6.07, 6.45) is -0.871. The van der Waals surface area contributed by atoms with E-state index in [-0.39, 0.29) is 17.5 Å². The summed E-state index contributed by atoms with van der Waals surface area (Å²) >= 11 is 1.08. The number of thiophene rings is 1. The van der Waals surface area contributed by atoms with Gasteiger partial charge in [-0.1, -0.05) is 13.8 Å². The van der Waals surface area contributed by atoms with Crippen LogP contribution in [0.4, 0.5) is 19.0 Å². The number of aliphatic hydroxyl groups excluding tert-OH is 1. The van der Waals surface area contributed by atoms with Crippen molar-refractivity contribution in [2.45, 2.75) is 57.8 Å². The Bertz CT molecular complexity index is 780. The number of hydrogen-bond acceptors (Lipinski definition) is 6. The molecule has 3 heterocycles. The first-order chi connectivity index (χ1) is 13.3. The quantitative estimate of drug-likeness (QED) is 0.751. The summed E-state index contributed by atoms with van der Waals surface area (Å²) < 4.78 is 38.2. The highest BCUT2D eigenvalue weighted by Gasteiger charge is 2.29. The summed E-state index contributed by atoms with van der Waals surface area (Å²) in [4.78, 5) is 11.6. The van der Waals surface area contributed by atoms with Gasteiger partial charge in [-0.05, 0) is 31.2 Å². The summed E-state index contributed by atoms with van der Waals surface area (Å²) in [5.74, 6) is 1.07. The second-order valence-electron chi connectivity index (χ2n) is 7.74. The molecule has 9 heteroatoms. The molecular formula is C19H27F3N4OS. The Balaban J connectivity index is 1.74. The predicted molar refractivity (Wildman–Crippen MR) is 106 cm³/mol. The van der Waals surface area contributed by atoms with E-state index in [0.717, 1.165) is 49.5 Å². The normalized spacial score (nSPS) is 20.0. The fourth-order valence-electron chi connectivity index (χ4n) is 3.66. The number of nitrogens with zero attached hydrogens (tertiary/aromatic N) is 3. The number of halogens is 3. The minimum absolute atomic E-state index is 0.0732. The van der Waals surface area contributed by atoms with Crippen LogP contribution in [0.1, 0.15) is 38.0 Å². The fourth-order valence-corrected chi connectivity index (χ4v) is 4.68. The standard InChI is InChI=1S/C19H27F3N4OS/c1-12(2)16(10-27)25-13-4-3-6-26(7-5-13)17-15-8-14(9-19(20,21)22)28-18(15)24-11-23-17/h8,11-13,16,25,27H,3-7,9-10H2,1-2H3/t13-,16+/m0/s1. The van der Waals surface area contributed by atoms with Crippen molar-refractivity contribution in [2.24, 2.45) is 5.92 Å². The first-order valence-electron chi connectivity index (χ1n) is 9.69. The van der Waals surface area contributed by atoms with Crippen LogP contribution in [0.5, 0.6) is 0 Å². The number of hydrogen-bond donors (Lipinski definition) is 2. The van der Waals surface area contributed by atoms with E-state index in [1.807, 2.05) is 0 Å². The molecule has 5 nitrogen and oxygen atoms in total. The maximum absolute atomic E-state index is 12.7. The van der Waals surface area contributed by atoms with E-state index in [1.165, 1.54) is 6.33 Å². The summed E-state index contributed by atoms with van der Waals surface area (Å²) in [7, 11) is 0. The van der Waals surface area contributed by atoms with Gasteiger partial charge in [-0.25, -0.2) is 9.97 Å². The van der Waals surface area contributed by atoms with Gasteiger partial charge in [0.15, 0.2) is 0 Å². The van der Waals surface area contributed by atoms with Crippen LogP contribution in [0.25, 0.3) is 10.2 Å². The van der Waals surface area contributed by atoms with Crippen molar-refractivity contribution in [3.63, 3.8) is 0 Å². The highest BCUT2D eigenvalue weighted by atomic mass is 32.1. The van der Waals surface area contributed by atoms with Crippen LogP contribution >= 0.6 is 11.3 Å². The zero-order valence-electron chi connectivity index (χ0n) is 16.2. The Kier molecular flexibility index (Phi) is 6.77. The molecule has 28 heavy (non-hydrogen) atoms. The molecule has 2 atom stereocenters. The van der Waals surface area contributed by atoms with Gasteiger partial charge < -0.3 is 15.3 Å². The molecule has 2 aromatic rings. The largest absolute Gasteiger partial charge is 0.395 e. The van der Waals surface area contributed by atoms with Crippen LogP contribution in [0.2, 0.25) is 0 Å². The lowest BCUT2D eigenvalue weighted by atomic mass is 10.0. The number of aliphatic hydroxyl groups is 1. The zero-order chi connectivity index (χ0) is 20.3. The molecule has 3 rings (SSSR count). The smallest absolute Gasteiger partial charge is 0.393 e. The van der Waals surface area contributed by atoms with E-state index in [2.05, 4.69) is 34.0 Å². The average molecular weight is 417 g/mol. The Morgan fingerprint density at radius 3 is 2.75 bits per heavy atom. The third kappa shape index (κ3) is 5.33. The molecule has 1 aliphatic rings. The van der Waals surface area contributed by atoms with E-state index < -0.39 is 12.6 Å². The maximum Gasteiger partial charge on any atom is 0.393 e. The van der Waals surface area contributed by atoms with Crippen LogP contribution in [0, 0.1) is 5.92 Å². The summed E-state index contributed by atoms with van der Waals surface area (Å²) in [5.41, 5.74) is 0. The molecule has 156 valence electrons. The average Bonchev–Trinajstić information content (AvgIpc) is 2.86. The van der Waals surface area contributed by atoms with E-state index in [0.29, 0.717) is 22.2 Å². The molecule has 1 saturated heterocycles. The molecule has 1 aliphatic heterocycles. The predicted octanol–water partition coefficient (Wildman–Crippen LogP) is 3.76.